The van der Waals surface area contributed by atoms with Crippen molar-refractivity contribution in [1.29, 1.82) is 0 Å². The smallest absolute Gasteiger partial charge is 0.408 e. The summed E-state index contributed by atoms with van der Waals surface area (Å²) >= 11 is 0. The number of aryl methyl sites for hydroxylation is 1. The fourth-order valence-electron chi connectivity index (χ4n) is 2.54. The van der Waals surface area contributed by atoms with Gasteiger partial charge in [-0.15, -0.1) is 0 Å². The summed E-state index contributed by atoms with van der Waals surface area (Å²) in [7, 11) is 0. The highest BCUT2D eigenvalue weighted by atomic mass is 19.4. The standard InChI is InChI=1S/C14H15F3N4O3/c1-9-10(2-4-24-9)13(22)21-3-5-23-6-11(21)12-18-8-20(19-12)7-14(15,16)17/h2,4,8,11H,3,5-7H2,1H3. The predicted octanol–water partition coefficient (Wildman–Crippen LogP) is 1.96. The second-order valence-corrected chi connectivity index (χ2v) is 5.40. The molecule has 1 fully saturated rings. The maximum absolute atomic E-state index is 12.7. The molecule has 1 saturated heterocycles. The molecule has 1 aliphatic heterocycles. The van der Waals surface area contributed by atoms with Gasteiger partial charge >= 0.3 is 6.18 Å². The van der Waals surface area contributed by atoms with Crippen LogP contribution in [0.2, 0.25) is 0 Å². The molecule has 2 aromatic rings. The van der Waals surface area contributed by atoms with Crippen LogP contribution in [0.1, 0.15) is 28.0 Å². The summed E-state index contributed by atoms with van der Waals surface area (Å²) in [6.45, 7) is 1.18. The van der Waals surface area contributed by atoms with E-state index in [0.717, 1.165) is 6.33 Å². The molecule has 2 aromatic heterocycles. The van der Waals surface area contributed by atoms with Crippen LogP contribution in [0.4, 0.5) is 13.2 Å². The molecule has 10 heteroatoms. The molecule has 0 radical (unpaired) electrons. The number of alkyl halides is 3. The number of aromatic nitrogens is 3. The van der Waals surface area contributed by atoms with E-state index in [-0.39, 0.29) is 18.3 Å². The van der Waals surface area contributed by atoms with Gasteiger partial charge < -0.3 is 14.1 Å². The van der Waals surface area contributed by atoms with Gasteiger partial charge in [0.1, 0.15) is 24.7 Å². The van der Waals surface area contributed by atoms with Crippen LogP contribution in [0.3, 0.4) is 0 Å². The molecule has 0 spiro atoms. The number of morpholine rings is 1. The summed E-state index contributed by atoms with van der Waals surface area (Å²) in [5, 5.41) is 3.84. The molecule has 0 aliphatic carbocycles. The lowest BCUT2D eigenvalue weighted by Gasteiger charge is -2.33. The summed E-state index contributed by atoms with van der Waals surface area (Å²) in [6.07, 6.45) is -1.98. The molecule has 0 saturated carbocycles. The normalized spacial score (nSPS) is 18.8. The first kappa shape index (κ1) is 16.5. The Balaban J connectivity index is 1.82. The van der Waals surface area contributed by atoms with Crippen molar-refractivity contribution in [2.75, 3.05) is 19.8 Å². The van der Waals surface area contributed by atoms with Crippen LogP contribution >= 0.6 is 0 Å². The molecule has 0 bridgehead atoms. The van der Waals surface area contributed by atoms with E-state index in [2.05, 4.69) is 10.1 Å². The van der Waals surface area contributed by atoms with Crippen LogP contribution in [0, 0.1) is 6.92 Å². The number of nitrogens with zero attached hydrogens (tertiary/aromatic N) is 4. The van der Waals surface area contributed by atoms with Crippen molar-refractivity contribution in [3.8, 4) is 0 Å². The number of furan rings is 1. The van der Waals surface area contributed by atoms with Crippen molar-refractivity contribution in [3.05, 3.63) is 35.8 Å². The first-order valence-electron chi connectivity index (χ1n) is 7.24. The van der Waals surface area contributed by atoms with Gasteiger partial charge in [0.15, 0.2) is 5.82 Å². The Bertz CT molecular complexity index is 725. The number of hydrogen-bond donors (Lipinski definition) is 0. The van der Waals surface area contributed by atoms with Gasteiger partial charge in [-0.2, -0.15) is 18.3 Å². The third-order valence-corrected chi connectivity index (χ3v) is 3.67. The molecule has 7 nitrogen and oxygen atoms in total. The molecule has 24 heavy (non-hydrogen) atoms. The molecule has 3 rings (SSSR count). The summed E-state index contributed by atoms with van der Waals surface area (Å²) in [5.74, 6) is 0.302. The van der Waals surface area contributed by atoms with Gasteiger partial charge in [-0.05, 0) is 13.0 Å². The van der Waals surface area contributed by atoms with E-state index in [9.17, 15) is 18.0 Å². The van der Waals surface area contributed by atoms with Crippen LogP contribution in [-0.4, -0.2) is 51.5 Å². The average molecular weight is 344 g/mol. The topological polar surface area (TPSA) is 73.4 Å². The number of carbonyl (C=O) groups excluding carboxylic acids is 1. The van der Waals surface area contributed by atoms with Crippen LogP contribution in [0.25, 0.3) is 0 Å². The summed E-state index contributed by atoms with van der Waals surface area (Å²) in [5.41, 5.74) is 0.400. The van der Waals surface area contributed by atoms with Crippen LogP contribution < -0.4 is 0 Å². The number of carbonyl (C=O) groups is 1. The molecule has 130 valence electrons. The fourth-order valence-corrected chi connectivity index (χ4v) is 2.54. The third-order valence-electron chi connectivity index (χ3n) is 3.67. The van der Waals surface area contributed by atoms with Crippen molar-refractivity contribution in [1.82, 2.24) is 19.7 Å². The molecule has 0 N–H and O–H groups in total. The summed E-state index contributed by atoms with van der Waals surface area (Å²) in [6, 6.07) is 0.912. The molecule has 1 atom stereocenters. The average Bonchev–Trinajstić information content (AvgIpc) is 3.14. The highest BCUT2D eigenvalue weighted by Crippen LogP contribution is 2.25. The number of hydrogen-bond acceptors (Lipinski definition) is 5. The molecule has 1 aliphatic rings. The quantitative estimate of drug-likeness (QED) is 0.851. The zero-order valence-electron chi connectivity index (χ0n) is 12.8. The van der Waals surface area contributed by atoms with E-state index < -0.39 is 18.8 Å². The predicted molar refractivity (Wildman–Crippen MR) is 74.1 cm³/mol. The largest absolute Gasteiger partial charge is 0.469 e. The van der Waals surface area contributed by atoms with Crippen LogP contribution in [0.5, 0.6) is 0 Å². The van der Waals surface area contributed by atoms with Crippen molar-refractivity contribution < 1.29 is 27.1 Å². The van der Waals surface area contributed by atoms with E-state index in [4.69, 9.17) is 9.15 Å². The Morgan fingerprint density at radius 1 is 1.46 bits per heavy atom. The van der Waals surface area contributed by atoms with Gasteiger partial charge in [0, 0.05) is 6.54 Å². The first-order chi connectivity index (χ1) is 11.3. The monoisotopic (exact) mass is 344 g/mol. The molecule has 1 amide bonds. The Hall–Kier alpha value is -2.36. The van der Waals surface area contributed by atoms with Gasteiger partial charge in [0.25, 0.3) is 5.91 Å². The van der Waals surface area contributed by atoms with Crippen molar-refractivity contribution in [2.45, 2.75) is 25.7 Å². The number of rotatable bonds is 3. The highest BCUT2D eigenvalue weighted by molar-refractivity contribution is 5.95. The van der Waals surface area contributed by atoms with E-state index >= 15 is 0 Å². The molecule has 3 heterocycles. The Kier molecular flexibility index (Phi) is 4.31. The van der Waals surface area contributed by atoms with Crippen molar-refractivity contribution >= 4 is 5.91 Å². The van der Waals surface area contributed by atoms with Crippen LogP contribution in [-0.2, 0) is 11.3 Å². The van der Waals surface area contributed by atoms with Crippen molar-refractivity contribution in [2.24, 2.45) is 0 Å². The van der Waals surface area contributed by atoms with Gasteiger partial charge in [-0.25, -0.2) is 9.67 Å². The number of amides is 1. The Labute approximate surface area is 135 Å². The third kappa shape index (κ3) is 3.42. The minimum atomic E-state index is -4.39. The molecular formula is C14H15F3N4O3. The highest BCUT2D eigenvalue weighted by Gasteiger charge is 2.34. The van der Waals surface area contributed by atoms with E-state index in [0.29, 0.717) is 29.2 Å². The Morgan fingerprint density at radius 3 is 2.92 bits per heavy atom. The zero-order valence-corrected chi connectivity index (χ0v) is 12.8. The van der Waals surface area contributed by atoms with Gasteiger partial charge in [-0.3, -0.25) is 4.79 Å². The van der Waals surface area contributed by atoms with Gasteiger partial charge in [-0.1, -0.05) is 0 Å². The number of ether oxygens (including phenoxy) is 1. The second-order valence-electron chi connectivity index (χ2n) is 5.40. The lowest BCUT2D eigenvalue weighted by atomic mass is 10.1. The summed E-state index contributed by atoms with van der Waals surface area (Å²) < 4.78 is 48.5. The zero-order chi connectivity index (χ0) is 17.3. The second kappa shape index (κ2) is 6.27. The fraction of sp³-hybridized carbons (Fsp3) is 0.500. The first-order valence-corrected chi connectivity index (χ1v) is 7.24. The Morgan fingerprint density at radius 2 is 2.25 bits per heavy atom. The molecular weight excluding hydrogens is 329 g/mol. The molecule has 1 unspecified atom stereocenters. The maximum Gasteiger partial charge on any atom is 0.408 e. The van der Waals surface area contributed by atoms with Gasteiger partial charge in [0.05, 0.1) is 25.0 Å². The number of halogens is 3. The van der Waals surface area contributed by atoms with Gasteiger partial charge in [0.2, 0.25) is 0 Å². The van der Waals surface area contributed by atoms with E-state index in [1.54, 1.807) is 13.0 Å². The van der Waals surface area contributed by atoms with Crippen molar-refractivity contribution in [3.63, 3.8) is 0 Å². The minimum Gasteiger partial charge on any atom is -0.469 e. The lowest BCUT2D eigenvalue weighted by molar-refractivity contribution is -0.142. The maximum atomic E-state index is 12.7. The van der Waals surface area contributed by atoms with E-state index in [1.807, 2.05) is 0 Å². The summed E-state index contributed by atoms with van der Waals surface area (Å²) in [4.78, 5) is 18.1. The molecule has 0 aromatic carbocycles. The van der Waals surface area contributed by atoms with E-state index in [1.165, 1.54) is 11.2 Å². The SMILES string of the molecule is Cc1occc1C(=O)N1CCOCC1c1ncn(CC(F)(F)F)n1. The lowest BCUT2D eigenvalue weighted by Crippen LogP contribution is -2.44. The minimum absolute atomic E-state index is 0.119. The van der Waals surface area contributed by atoms with Crippen LogP contribution in [0.15, 0.2) is 23.1 Å².